The Morgan fingerprint density at radius 2 is 1.74 bits per heavy atom. The number of carboxylic acids is 2. The molecule has 0 fully saturated rings. The number of carbonyl (C=O) groups is 3. The highest BCUT2D eigenvalue weighted by Crippen LogP contribution is 2.10. The largest absolute Gasteiger partial charge is 0.481 e. The van der Waals surface area contributed by atoms with Gasteiger partial charge in [0, 0.05) is 5.02 Å². The number of hydrogen-bond donors (Lipinski definition) is 3. The Morgan fingerprint density at radius 3 is 2.21 bits per heavy atom. The Balaban J connectivity index is 2.59. The maximum absolute atomic E-state index is 11.6. The number of hydrogen-bond acceptors (Lipinski definition) is 3. The van der Waals surface area contributed by atoms with Crippen LogP contribution in [0, 0.1) is 0 Å². The van der Waals surface area contributed by atoms with Gasteiger partial charge in [-0.05, 0) is 17.7 Å². The second-order valence-corrected chi connectivity index (χ2v) is 4.30. The van der Waals surface area contributed by atoms with Crippen molar-refractivity contribution in [2.45, 2.75) is 18.9 Å². The number of nitrogens with one attached hydrogen (secondary N) is 1. The molecule has 1 amide bonds. The minimum atomic E-state index is -1.43. The van der Waals surface area contributed by atoms with Gasteiger partial charge in [0.25, 0.3) is 0 Å². The van der Waals surface area contributed by atoms with Crippen molar-refractivity contribution in [3.8, 4) is 0 Å². The highest BCUT2D eigenvalue weighted by molar-refractivity contribution is 6.30. The Hall–Kier alpha value is -2.08. The molecule has 1 aromatic carbocycles. The summed E-state index contributed by atoms with van der Waals surface area (Å²) in [5, 5.41) is 20.0. The molecule has 0 spiro atoms. The minimum Gasteiger partial charge on any atom is -0.481 e. The van der Waals surface area contributed by atoms with E-state index in [4.69, 9.17) is 21.8 Å². The lowest BCUT2D eigenvalue weighted by Crippen LogP contribution is -2.42. The molecule has 1 rings (SSSR count). The Labute approximate surface area is 114 Å². The molecule has 3 N–H and O–H groups in total. The number of halogens is 1. The third-order valence-electron chi connectivity index (χ3n) is 2.29. The molecule has 0 aliphatic rings. The fraction of sp³-hybridized carbons (Fsp3) is 0.250. The molecular weight excluding hydrogens is 274 g/mol. The first-order valence-electron chi connectivity index (χ1n) is 5.37. The summed E-state index contributed by atoms with van der Waals surface area (Å²) in [6.07, 6.45) is -0.706. The van der Waals surface area contributed by atoms with Crippen LogP contribution >= 0.6 is 11.6 Å². The lowest BCUT2D eigenvalue weighted by atomic mass is 10.1. The summed E-state index contributed by atoms with van der Waals surface area (Å²) in [6, 6.07) is 5.05. The fourth-order valence-electron chi connectivity index (χ4n) is 1.41. The first-order valence-corrected chi connectivity index (χ1v) is 5.74. The monoisotopic (exact) mass is 285 g/mol. The molecule has 0 unspecified atom stereocenters. The first kappa shape index (κ1) is 15.0. The number of benzene rings is 1. The summed E-state index contributed by atoms with van der Waals surface area (Å²) in [5.41, 5.74) is 0.654. The van der Waals surface area contributed by atoms with Crippen LogP contribution in [0.4, 0.5) is 0 Å². The summed E-state index contributed by atoms with van der Waals surface area (Å²) < 4.78 is 0. The maximum atomic E-state index is 11.6. The molecule has 6 nitrogen and oxygen atoms in total. The first-order chi connectivity index (χ1) is 8.88. The fourth-order valence-corrected chi connectivity index (χ4v) is 1.53. The number of aliphatic carboxylic acids is 2. The number of amides is 1. The highest BCUT2D eigenvalue weighted by atomic mass is 35.5. The summed E-state index contributed by atoms with van der Waals surface area (Å²) in [7, 11) is 0. The molecule has 0 heterocycles. The van der Waals surface area contributed by atoms with Crippen LogP contribution in [0.15, 0.2) is 24.3 Å². The summed E-state index contributed by atoms with van der Waals surface area (Å²) in [6.45, 7) is 0. The predicted octanol–water partition coefficient (Wildman–Crippen LogP) is 0.927. The molecule has 7 heteroatoms. The standard InChI is InChI=1S/C12H12ClNO5/c13-8-3-1-7(2-4-8)5-10(15)14-9(12(18)19)6-11(16)17/h1-4,9H,5-6H2,(H,14,15)(H,16,17)(H,18,19)/t9-/m0/s1. The van der Waals surface area contributed by atoms with Crippen molar-refractivity contribution in [2.24, 2.45) is 0 Å². The molecule has 1 aromatic rings. The highest BCUT2D eigenvalue weighted by Gasteiger charge is 2.22. The number of carboxylic acid groups (broad SMARTS) is 2. The van der Waals surface area contributed by atoms with Crippen LogP contribution in [0.25, 0.3) is 0 Å². The van der Waals surface area contributed by atoms with Gasteiger partial charge >= 0.3 is 11.9 Å². The van der Waals surface area contributed by atoms with Crippen LogP contribution in [0.3, 0.4) is 0 Å². The Kier molecular flexibility index (Phi) is 5.32. The van der Waals surface area contributed by atoms with Gasteiger partial charge in [-0.1, -0.05) is 23.7 Å². The van der Waals surface area contributed by atoms with Crippen LogP contribution in [0.1, 0.15) is 12.0 Å². The molecule has 0 aliphatic carbocycles. The van der Waals surface area contributed by atoms with Crippen molar-refractivity contribution in [1.29, 1.82) is 0 Å². The van der Waals surface area contributed by atoms with Crippen molar-refractivity contribution in [3.63, 3.8) is 0 Å². The van der Waals surface area contributed by atoms with E-state index >= 15 is 0 Å². The second-order valence-electron chi connectivity index (χ2n) is 3.86. The van der Waals surface area contributed by atoms with Gasteiger partial charge in [0.05, 0.1) is 12.8 Å². The number of carbonyl (C=O) groups excluding carboxylic acids is 1. The van der Waals surface area contributed by atoms with Crippen LogP contribution < -0.4 is 5.32 Å². The van der Waals surface area contributed by atoms with Gasteiger partial charge in [-0.3, -0.25) is 9.59 Å². The van der Waals surface area contributed by atoms with Crippen molar-refractivity contribution in [2.75, 3.05) is 0 Å². The van der Waals surface area contributed by atoms with Gasteiger partial charge in [0.15, 0.2) is 0 Å². The van der Waals surface area contributed by atoms with Crippen LogP contribution in [0.5, 0.6) is 0 Å². The van der Waals surface area contributed by atoms with Gasteiger partial charge in [-0.2, -0.15) is 0 Å². The molecule has 1 atom stereocenters. The average Bonchev–Trinajstić information content (AvgIpc) is 2.30. The maximum Gasteiger partial charge on any atom is 0.326 e. The van der Waals surface area contributed by atoms with Crippen LogP contribution in [-0.4, -0.2) is 34.1 Å². The Morgan fingerprint density at radius 1 is 1.16 bits per heavy atom. The molecule has 102 valence electrons. The van der Waals surface area contributed by atoms with E-state index in [1.165, 1.54) is 0 Å². The van der Waals surface area contributed by atoms with Crippen molar-refractivity contribution in [1.82, 2.24) is 5.32 Å². The van der Waals surface area contributed by atoms with Crippen molar-refractivity contribution in [3.05, 3.63) is 34.9 Å². The Bertz CT molecular complexity index is 485. The topological polar surface area (TPSA) is 104 Å². The van der Waals surface area contributed by atoms with E-state index in [0.29, 0.717) is 10.6 Å². The van der Waals surface area contributed by atoms with Crippen LogP contribution in [0.2, 0.25) is 5.02 Å². The van der Waals surface area contributed by atoms with E-state index in [1.54, 1.807) is 24.3 Å². The molecular formula is C12H12ClNO5. The lowest BCUT2D eigenvalue weighted by Gasteiger charge is -2.12. The minimum absolute atomic E-state index is 0.0411. The van der Waals surface area contributed by atoms with E-state index in [1.807, 2.05) is 0 Å². The SMILES string of the molecule is O=C(O)C[C@H](NC(=O)Cc1ccc(Cl)cc1)C(=O)O. The van der Waals surface area contributed by atoms with Crippen LogP contribution in [-0.2, 0) is 20.8 Å². The molecule has 0 aromatic heterocycles. The van der Waals surface area contributed by atoms with Gasteiger partial charge in [-0.25, -0.2) is 4.79 Å². The van der Waals surface area contributed by atoms with Gasteiger partial charge < -0.3 is 15.5 Å². The average molecular weight is 286 g/mol. The molecule has 19 heavy (non-hydrogen) atoms. The molecule has 0 saturated carbocycles. The van der Waals surface area contributed by atoms with Gasteiger partial charge in [0.1, 0.15) is 6.04 Å². The molecule has 0 radical (unpaired) electrons. The third-order valence-corrected chi connectivity index (χ3v) is 2.54. The normalized spacial score (nSPS) is 11.6. The third kappa shape index (κ3) is 5.39. The second kappa shape index (κ2) is 6.75. The quantitative estimate of drug-likeness (QED) is 0.721. The zero-order chi connectivity index (χ0) is 14.4. The summed E-state index contributed by atoms with van der Waals surface area (Å²) >= 11 is 5.69. The van der Waals surface area contributed by atoms with E-state index in [9.17, 15) is 14.4 Å². The summed E-state index contributed by atoms with van der Waals surface area (Å²) in [4.78, 5) is 32.8. The van der Waals surface area contributed by atoms with E-state index in [-0.39, 0.29) is 6.42 Å². The van der Waals surface area contributed by atoms with Crippen molar-refractivity contribution >= 4 is 29.4 Å². The lowest BCUT2D eigenvalue weighted by molar-refractivity contribution is -0.147. The van der Waals surface area contributed by atoms with Crippen molar-refractivity contribution < 1.29 is 24.6 Å². The summed E-state index contributed by atoms with van der Waals surface area (Å²) in [5.74, 6) is -3.23. The van der Waals surface area contributed by atoms with Gasteiger partial charge in [-0.15, -0.1) is 0 Å². The van der Waals surface area contributed by atoms with Gasteiger partial charge in [0.2, 0.25) is 5.91 Å². The van der Waals surface area contributed by atoms with E-state index in [0.717, 1.165) is 0 Å². The smallest absolute Gasteiger partial charge is 0.326 e. The molecule has 0 saturated heterocycles. The zero-order valence-corrected chi connectivity index (χ0v) is 10.6. The molecule has 0 aliphatic heterocycles. The number of rotatable bonds is 6. The van der Waals surface area contributed by atoms with E-state index < -0.39 is 30.3 Å². The van der Waals surface area contributed by atoms with E-state index in [2.05, 4.69) is 5.32 Å². The predicted molar refractivity (Wildman–Crippen MR) is 67.0 cm³/mol. The zero-order valence-electron chi connectivity index (χ0n) is 9.80. The molecule has 0 bridgehead atoms.